The molecule has 8 nitrogen and oxygen atoms in total. The first-order valence-corrected chi connectivity index (χ1v) is 16.6. The molecule has 0 aromatic carbocycles. The zero-order chi connectivity index (χ0) is 26.4. The smallest absolute Gasteiger partial charge is 0.328 e. The van der Waals surface area contributed by atoms with Gasteiger partial charge in [-0.25, -0.2) is 4.79 Å². The second kappa shape index (κ2) is 10.1. The van der Waals surface area contributed by atoms with Crippen molar-refractivity contribution in [1.82, 2.24) is 9.55 Å². The molecule has 2 saturated carbocycles. The molecule has 0 saturated heterocycles. The van der Waals surface area contributed by atoms with Crippen LogP contribution in [0, 0.1) is 30.6 Å². The molecule has 2 aliphatic rings. The van der Waals surface area contributed by atoms with Crippen LogP contribution in [0.3, 0.4) is 0 Å². The van der Waals surface area contributed by atoms with E-state index in [1.165, 1.54) is 6.42 Å². The Morgan fingerprint density at radius 3 is 2.23 bits per heavy atom. The number of nitrogens with zero attached hydrogens (tertiary/aromatic N) is 1. The molecule has 35 heavy (non-hydrogen) atoms. The van der Waals surface area contributed by atoms with Gasteiger partial charge in [-0.2, -0.15) is 0 Å². The Morgan fingerprint density at radius 1 is 1.03 bits per heavy atom. The lowest BCUT2D eigenvalue weighted by Gasteiger charge is -2.42. The molecule has 10 heteroatoms. The topological polar surface area (TPSA) is 114 Å². The van der Waals surface area contributed by atoms with Crippen molar-refractivity contribution in [3.8, 4) is 0 Å². The maximum Gasteiger partial charge on any atom is 0.328 e. The van der Waals surface area contributed by atoms with Crippen molar-refractivity contribution in [2.75, 3.05) is 12.5 Å². The van der Waals surface area contributed by atoms with Crippen molar-refractivity contribution in [3.63, 3.8) is 0 Å². The van der Waals surface area contributed by atoms with Crippen LogP contribution in [0.4, 0.5) is 0 Å². The Hall–Kier alpha value is -0.880. The van der Waals surface area contributed by atoms with E-state index in [0.717, 1.165) is 25.7 Å². The standard InChI is InChI=1S/C25H44N2O6P2/c1-17-18(2)27(23(29)26-22(17)28)21-14-19(24(3,4)25(21,5)6)15-32-34(7,30)16-35(8,31)33-20-12-10-9-11-13-20/h19-21,30-31H,7-16H2,1-6H3,(H,26,28,29). The van der Waals surface area contributed by atoms with Gasteiger partial charge in [0.25, 0.3) is 5.56 Å². The predicted molar refractivity (Wildman–Crippen MR) is 147 cm³/mol. The maximum absolute atomic E-state index is 12.8. The fraction of sp³-hybridized carbons (Fsp3) is 0.760. The summed E-state index contributed by atoms with van der Waals surface area (Å²) in [6, 6.07) is -0.155. The minimum absolute atomic E-state index is 0.0165. The lowest BCUT2D eigenvalue weighted by Crippen LogP contribution is -2.42. The van der Waals surface area contributed by atoms with Crippen molar-refractivity contribution in [2.24, 2.45) is 16.7 Å². The van der Waals surface area contributed by atoms with Gasteiger partial charge >= 0.3 is 5.69 Å². The highest BCUT2D eigenvalue weighted by atomic mass is 31.2. The van der Waals surface area contributed by atoms with E-state index in [1.54, 1.807) is 11.5 Å². The number of nitrogens with one attached hydrogen (secondary N) is 1. The van der Waals surface area contributed by atoms with E-state index >= 15 is 0 Å². The highest BCUT2D eigenvalue weighted by molar-refractivity contribution is 7.80. The maximum atomic E-state index is 12.8. The number of rotatable bonds is 8. The normalized spacial score (nSPS) is 27.9. The van der Waals surface area contributed by atoms with Crippen molar-refractivity contribution in [2.45, 2.75) is 92.2 Å². The molecular formula is C25H44N2O6P2. The van der Waals surface area contributed by atoms with E-state index in [2.05, 4.69) is 45.3 Å². The third-order valence-corrected chi connectivity index (χ3v) is 13.7. The lowest BCUT2D eigenvalue weighted by molar-refractivity contribution is 0.0585. The molecule has 1 aromatic heterocycles. The summed E-state index contributed by atoms with van der Waals surface area (Å²) in [7, 11) is -6.21. The number of H-pyrrole nitrogens is 1. The molecule has 3 N–H and O–H groups in total. The fourth-order valence-corrected chi connectivity index (χ4v) is 10.3. The lowest BCUT2D eigenvalue weighted by atomic mass is 9.66. The molecule has 3 rings (SSSR count). The molecule has 2 fully saturated rings. The van der Waals surface area contributed by atoms with Gasteiger partial charge in [-0.05, 0) is 49.9 Å². The van der Waals surface area contributed by atoms with Crippen LogP contribution in [-0.4, -0.2) is 50.6 Å². The third kappa shape index (κ3) is 6.00. The molecule has 4 atom stereocenters. The van der Waals surface area contributed by atoms with Crippen LogP contribution in [0.5, 0.6) is 0 Å². The van der Waals surface area contributed by atoms with Gasteiger partial charge in [0.05, 0.1) is 18.6 Å². The largest absolute Gasteiger partial charge is 0.353 e. The van der Waals surface area contributed by atoms with Crippen LogP contribution in [-0.2, 0) is 9.05 Å². The molecule has 0 aliphatic heterocycles. The molecule has 2 aliphatic carbocycles. The van der Waals surface area contributed by atoms with Gasteiger partial charge < -0.3 is 18.8 Å². The Balaban J connectivity index is 1.75. The van der Waals surface area contributed by atoms with Gasteiger partial charge in [0.1, 0.15) is 14.7 Å². The van der Waals surface area contributed by atoms with E-state index in [-0.39, 0.29) is 47.0 Å². The second-order valence-electron chi connectivity index (χ2n) is 11.7. The van der Waals surface area contributed by atoms with Gasteiger partial charge in [-0.15, -0.1) is 0 Å². The first kappa shape index (κ1) is 28.7. The van der Waals surface area contributed by atoms with E-state index in [0.29, 0.717) is 17.7 Å². The summed E-state index contributed by atoms with van der Waals surface area (Å²) < 4.78 is 13.6. The monoisotopic (exact) mass is 530 g/mol. The summed E-state index contributed by atoms with van der Waals surface area (Å²) in [5, 5.41) is 0. The molecular weight excluding hydrogens is 486 g/mol. The van der Waals surface area contributed by atoms with Gasteiger partial charge in [-0.3, -0.25) is 14.3 Å². The minimum atomic E-state index is -3.16. The Labute approximate surface area is 209 Å². The van der Waals surface area contributed by atoms with Crippen LogP contribution < -0.4 is 11.2 Å². The summed E-state index contributed by atoms with van der Waals surface area (Å²) in [6.07, 6.45) is 13.6. The Morgan fingerprint density at radius 2 is 1.63 bits per heavy atom. The molecule has 1 heterocycles. The Bertz CT molecular complexity index is 1150. The molecule has 4 unspecified atom stereocenters. The number of hydrogen-bond acceptors (Lipinski definition) is 6. The van der Waals surface area contributed by atoms with Crippen LogP contribution in [0.25, 0.3) is 0 Å². The Kier molecular flexibility index (Phi) is 8.29. The second-order valence-corrected chi connectivity index (χ2v) is 16.7. The van der Waals surface area contributed by atoms with Crippen LogP contribution >= 0.6 is 14.7 Å². The molecule has 1 aromatic rings. The quantitative estimate of drug-likeness (QED) is 0.422. The van der Waals surface area contributed by atoms with E-state index in [9.17, 15) is 19.4 Å². The number of aromatic amines is 1. The third-order valence-electron chi connectivity index (χ3n) is 8.87. The average molecular weight is 531 g/mol. The van der Waals surface area contributed by atoms with Crippen molar-refractivity contribution in [1.29, 1.82) is 0 Å². The first-order chi connectivity index (χ1) is 16.0. The van der Waals surface area contributed by atoms with Crippen LogP contribution in [0.15, 0.2) is 9.59 Å². The van der Waals surface area contributed by atoms with Gasteiger partial charge in [0, 0.05) is 17.3 Å². The first-order valence-electron chi connectivity index (χ1n) is 12.5. The SMILES string of the molecule is C=P(O)(CP(=C)(O)OC1CCCCC1)OCC1CC(n2c(C)c(C)c(=O)[nH]c2=O)C(C)(C)C1(C)C. The van der Waals surface area contributed by atoms with Crippen molar-refractivity contribution in [3.05, 3.63) is 32.1 Å². The molecule has 200 valence electrons. The zero-order valence-corrected chi connectivity index (χ0v) is 24.0. The highest BCUT2D eigenvalue weighted by Crippen LogP contribution is 2.63. The van der Waals surface area contributed by atoms with E-state index in [1.807, 2.05) is 6.92 Å². The highest BCUT2D eigenvalue weighted by Gasteiger charge is 2.56. The van der Waals surface area contributed by atoms with Gasteiger partial charge in [0.15, 0.2) is 0 Å². The fourth-order valence-electron chi connectivity index (χ4n) is 5.74. The van der Waals surface area contributed by atoms with Crippen molar-refractivity contribution >= 4 is 27.3 Å². The average Bonchev–Trinajstić information content (AvgIpc) is 2.89. The molecule has 0 spiro atoms. The van der Waals surface area contributed by atoms with Crippen LogP contribution in [0.2, 0.25) is 0 Å². The summed E-state index contributed by atoms with van der Waals surface area (Å²) in [6.45, 7) is 12.4. The van der Waals surface area contributed by atoms with Crippen molar-refractivity contribution < 1.29 is 18.8 Å². The molecule has 0 radical (unpaired) electrons. The summed E-state index contributed by atoms with van der Waals surface area (Å²) in [5.74, 6) is -0.0430. The molecule has 0 amide bonds. The van der Waals surface area contributed by atoms with E-state index < -0.39 is 20.4 Å². The summed E-state index contributed by atoms with van der Waals surface area (Å²) in [4.78, 5) is 49.2. The minimum Gasteiger partial charge on any atom is -0.353 e. The van der Waals surface area contributed by atoms with Crippen LogP contribution in [0.1, 0.15) is 83.5 Å². The number of aromatic nitrogens is 2. The predicted octanol–water partition coefficient (Wildman–Crippen LogP) is 4.63. The van der Waals surface area contributed by atoms with Gasteiger partial charge in [-0.1, -0.05) is 59.6 Å². The summed E-state index contributed by atoms with van der Waals surface area (Å²) >= 11 is 0. The summed E-state index contributed by atoms with van der Waals surface area (Å²) in [5.41, 5.74) is -0.106. The zero-order valence-electron chi connectivity index (χ0n) is 22.2. The molecule has 0 bridgehead atoms. The number of hydrogen-bond donors (Lipinski definition) is 3. The van der Waals surface area contributed by atoms with Gasteiger partial charge in [0.2, 0.25) is 0 Å². The van der Waals surface area contributed by atoms with E-state index in [4.69, 9.17) is 9.05 Å².